The summed E-state index contributed by atoms with van der Waals surface area (Å²) in [6, 6.07) is 17.7. The molecule has 0 saturated carbocycles. The van der Waals surface area contributed by atoms with Crippen molar-refractivity contribution in [3.8, 4) is 11.1 Å². The Morgan fingerprint density at radius 1 is 0.944 bits per heavy atom. The topological polar surface area (TPSA) is 29.1 Å². The maximum atomic E-state index is 11.7. The maximum absolute atomic E-state index is 11.7. The van der Waals surface area contributed by atoms with Gasteiger partial charge in [0.15, 0.2) is 0 Å². The molecule has 0 saturated heterocycles. The van der Waals surface area contributed by atoms with E-state index < -0.39 is 0 Å². The predicted octanol–water partition coefficient (Wildman–Crippen LogP) is 3.01. The van der Waals surface area contributed by atoms with Gasteiger partial charge in [0.2, 0.25) is 0 Å². The lowest BCUT2D eigenvalue weighted by molar-refractivity contribution is 0.0956. The van der Waals surface area contributed by atoms with Gasteiger partial charge in [0.25, 0.3) is 5.91 Å². The van der Waals surface area contributed by atoms with Gasteiger partial charge in [-0.05, 0) is 23.3 Å². The van der Waals surface area contributed by atoms with Crippen LogP contribution in [0.3, 0.4) is 0 Å². The Bertz CT molecular complexity index is 508. The summed E-state index contributed by atoms with van der Waals surface area (Å²) in [5, 5.41) is 2.79. The molecule has 0 bridgehead atoms. The number of amides is 1. The molecule has 0 aliphatic heterocycles. The lowest BCUT2D eigenvalue weighted by atomic mass is 10.0. The van der Waals surface area contributed by atoms with Gasteiger partial charge < -0.3 is 5.32 Å². The summed E-state index contributed by atoms with van der Waals surface area (Å²) >= 11 is 4.06. The largest absolute Gasteiger partial charge is 0.351 e. The van der Waals surface area contributed by atoms with E-state index in [0.717, 1.165) is 11.1 Å². The van der Waals surface area contributed by atoms with E-state index in [1.807, 2.05) is 42.5 Å². The minimum atomic E-state index is -0.0522. The molecule has 0 unspecified atom stereocenters. The van der Waals surface area contributed by atoms with Crippen LogP contribution in [0, 0.1) is 0 Å². The molecule has 0 fully saturated rings. The van der Waals surface area contributed by atoms with Crippen LogP contribution in [-0.4, -0.2) is 18.2 Å². The third-order valence-electron chi connectivity index (χ3n) is 2.65. The number of hydrogen-bond acceptors (Lipinski definition) is 2. The molecule has 1 amide bonds. The van der Waals surface area contributed by atoms with Gasteiger partial charge in [-0.25, -0.2) is 0 Å². The minimum absolute atomic E-state index is 0.0522. The number of hydrogen-bond donors (Lipinski definition) is 2. The third-order valence-corrected chi connectivity index (χ3v) is 2.88. The Hall–Kier alpha value is -1.74. The van der Waals surface area contributed by atoms with Crippen molar-refractivity contribution >= 4 is 18.5 Å². The van der Waals surface area contributed by atoms with Crippen molar-refractivity contribution in [3.05, 3.63) is 60.2 Å². The summed E-state index contributed by atoms with van der Waals surface area (Å²) in [4.78, 5) is 11.7. The van der Waals surface area contributed by atoms with Crippen LogP contribution < -0.4 is 5.32 Å². The molecule has 2 aromatic rings. The van der Waals surface area contributed by atoms with Crippen molar-refractivity contribution in [1.29, 1.82) is 0 Å². The van der Waals surface area contributed by atoms with Gasteiger partial charge in [-0.1, -0.05) is 42.5 Å². The second-order valence-corrected chi connectivity index (χ2v) is 4.37. The summed E-state index contributed by atoms with van der Waals surface area (Å²) in [7, 11) is 0. The van der Waals surface area contributed by atoms with Gasteiger partial charge in [-0.2, -0.15) is 12.6 Å². The van der Waals surface area contributed by atoms with Crippen molar-refractivity contribution in [1.82, 2.24) is 5.32 Å². The van der Waals surface area contributed by atoms with Crippen LogP contribution in [0.5, 0.6) is 0 Å². The monoisotopic (exact) mass is 257 g/mol. The molecule has 3 heteroatoms. The zero-order valence-corrected chi connectivity index (χ0v) is 10.9. The second kappa shape index (κ2) is 6.26. The zero-order chi connectivity index (χ0) is 12.8. The second-order valence-electron chi connectivity index (χ2n) is 3.92. The van der Waals surface area contributed by atoms with E-state index in [2.05, 4.69) is 30.1 Å². The summed E-state index contributed by atoms with van der Waals surface area (Å²) in [5.41, 5.74) is 2.94. The summed E-state index contributed by atoms with van der Waals surface area (Å²) in [6.45, 7) is 0.586. The number of carbonyl (C=O) groups excluding carboxylic acids is 1. The van der Waals surface area contributed by atoms with Crippen LogP contribution in [0.1, 0.15) is 10.4 Å². The van der Waals surface area contributed by atoms with Crippen LogP contribution in [0.4, 0.5) is 0 Å². The molecule has 0 radical (unpaired) electrons. The molecular weight excluding hydrogens is 242 g/mol. The van der Waals surface area contributed by atoms with E-state index in [1.54, 1.807) is 0 Å². The quantitative estimate of drug-likeness (QED) is 0.810. The van der Waals surface area contributed by atoms with E-state index in [4.69, 9.17) is 0 Å². The number of thiol groups is 1. The van der Waals surface area contributed by atoms with Crippen LogP contribution >= 0.6 is 12.6 Å². The highest BCUT2D eigenvalue weighted by Crippen LogP contribution is 2.19. The molecular formula is C15H15NOS. The molecule has 0 aromatic heterocycles. The van der Waals surface area contributed by atoms with Crippen molar-refractivity contribution in [2.75, 3.05) is 12.3 Å². The van der Waals surface area contributed by atoms with Gasteiger partial charge in [0.1, 0.15) is 0 Å². The summed E-state index contributed by atoms with van der Waals surface area (Å²) < 4.78 is 0. The van der Waals surface area contributed by atoms with Gasteiger partial charge in [-0.3, -0.25) is 4.79 Å². The highest BCUT2D eigenvalue weighted by atomic mass is 32.1. The average Bonchev–Trinajstić information content (AvgIpc) is 2.46. The van der Waals surface area contributed by atoms with Crippen LogP contribution in [0.25, 0.3) is 11.1 Å². The first-order valence-corrected chi connectivity index (χ1v) is 6.49. The normalized spacial score (nSPS) is 10.1. The molecule has 18 heavy (non-hydrogen) atoms. The molecule has 2 rings (SSSR count). The Morgan fingerprint density at radius 2 is 1.56 bits per heavy atom. The Labute approximate surface area is 112 Å². The van der Waals surface area contributed by atoms with Gasteiger partial charge >= 0.3 is 0 Å². The summed E-state index contributed by atoms with van der Waals surface area (Å²) in [5.74, 6) is 0.595. The number of rotatable bonds is 4. The smallest absolute Gasteiger partial charge is 0.251 e. The molecule has 0 aliphatic carbocycles. The molecule has 92 valence electrons. The highest BCUT2D eigenvalue weighted by Gasteiger charge is 2.04. The summed E-state index contributed by atoms with van der Waals surface area (Å²) in [6.07, 6.45) is 0. The SMILES string of the molecule is O=C(NCCS)c1ccc(-c2ccccc2)cc1. The average molecular weight is 257 g/mol. The van der Waals surface area contributed by atoms with Gasteiger partial charge in [0, 0.05) is 17.9 Å². The van der Waals surface area contributed by atoms with E-state index in [9.17, 15) is 4.79 Å². The molecule has 0 atom stereocenters. The van der Waals surface area contributed by atoms with E-state index in [0.29, 0.717) is 17.9 Å². The van der Waals surface area contributed by atoms with Gasteiger partial charge in [0.05, 0.1) is 0 Å². The van der Waals surface area contributed by atoms with E-state index in [1.165, 1.54) is 0 Å². The fourth-order valence-electron chi connectivity index (χ4n) is 1.72. The zero-order valence-electron chi connectivity index (χ0n) is 9.97. The third kappa shape index (κ3) is 3.14. The molecule has 0 spiro atoms. The van der Waals surface area contributed by atoms with Crippen molar-refractivity contribution in [2.24, 2.45) is 0 Å². The lowest BCUT2D eigenvalue weighted by Gasteiger charge is -2.05. The van der Waals surface area contributed by atoms with E-state index >= 15 is 0 Å². The minimum Gasteiger partial charge on any atom is -0.351 e. The molecule has 0 aliphatic rings. The number of nitrogens with one attached hydrogen (secondary N) is 1. The first-order valence-electron chi connectivity index (χ1n) is 5.86. The predicted molar refractivity (Wildman–Crippen MR) is 78.1 cm³/mol. The van der Waals surface area contributed by atoms with Crippen LogP contribution in [0.2, 0.25) is 0 Å². The van der Waals surface area contributed by atoms with Crippen molar-refractivity contribution in [3.63, 3.8) is 0 Å². The first kappa shape index (κ1) is 12.7. The number of carbonyl (C=O) groups is 1. The molecule has 2 nitrogen and oxygen atoms in total. The Kier molecular flexibility index (Phi) is 4.42. The fraction of sp³-hybridized carbons (Fsp3) is 0.133. The Morgan fingerprint density at radius 3 is 2.17 bits per heavy atom. The standard InChI is InChI=1S/C15H15NOS/c17-15(16-10-11-18)14-8-6-13(7-9-14)12-4-2-1-3-5-12/h1-9,18H,10-11H2,(H,16,17). The maximum Gasteiger partial charge on any atom is 0.251 e. The van der Waals surface area contributed by atoms with Crippen LogP contribution in [0.15, 0.2) is 54.6 Å². The van der Waals surface area contributed by atoms with Crippen molar-refractivity contribution < 1.29 is 4.79 Å². The highest BCUT2D eigenvalue weighted by molar-refractivity contribution is 7.80. The Balaban J connectivity index is 2.13. The first-order chi connectivity index (χ1) is 8.81. The van der Waals surface area contributed by atoms with Crippen molar-refractivity contribution in [2.45, 2.75) is 0 Å². The van der Waals surface area contributed by atoms with Crippen LogP contribution in [-0.2, 0) is 0 Å². The van der Waals surface area contributed by atoms with Gasteiger partial charge in [-0.15, -0.1) is 0 Å². The fourth-order valence-corrected chi connectivity index (χ4v) is 1.83. The molecule has 0 heterocycles. The number of benzene rings is 2. The molecule has 1 N–H and O–H groups in total. The molecule has 2 aromatic carbocycles. The lowest BCUT2D eigenvalue weighted by Crippen LogP contribution is -2.25. The van der Waals surface area contributed by atoms with E-state index in [-0.39, 0.29) is 5.91 Å².